The Morgan fingerprint density at radius 2 is 2.11 bits per heavy atom. The molecule has 0 saturated carbocycles. The highest BCUT2D eigenvalue weighted by Crippen LogP contribution is 2.27. The molecule has 2 aromatic rings. The summed E-state index contributed by atoms with van der Waals surface area (Å²) in [7, 11) is 0. The fraction of sp³-hybridized carbons (Fsp3) is 0. The maximum atomic E-state index is 13.5. The minimum atomic E-state index is -1.05. The van der Waals surface area contributed by atoms with Crippen molar-refractivity contribution in [1.82, 2.24) is 4.98 Å². The minimum absolute atomic E-state index is 0.0770. The van der Waals surface area contributed by atoms with Crippen LogP contribution >= 0.6 is 15.9 Å². The predicted molar refractivity (Wildman–Crippen MR) is 68.6 cm³/mol. The fourth-order valence-corrected chi connectivity index (χ4v) is 1.78. The lowest BCUT2D eigenvalue weighted by atomic mass is 10.2. The first-order chi connectivity index (χ1) is 8.58. The first kappa shape index (κ1) is 12.5. The molecule has 0 aliphatic carbocycles. The monoisotopic (exact) mass is 310 g/mol. The Morgan fingerprint density at radius 3 is 2.67 bits per heavy atom. The van der Waals surface area contributed by atoms with E-state index >= 15 is 0 Å². The molecule has 0 spiro atoms. The van der Waals surface area contributed by atoms with Crippen LogP contribution in [0.5, 0.6) is 0 Å². The molecular formula is C12H8BrFN2O2. The Kier molecular flexibility index (Phi) is 3.57. The largest absolute Gasteiger partial charge is 0.478 e. The number of benzene rings is 1. The van der Waals surface area contributed by atoms with Gasteiger partial charge in [-0.2, -0.15) is 0 Å². The second-order valence-electron chi connectivity index (χ2n) is 3.46. The summed E-state index contributed by atoms with van der Waals surface area (Å²) in [4.78, 5) is 14.5. The molecule has 0 bridgehead atoms. The molecule has 4 nitrogen and oxygen atoms in total. The van der Waals surface area contributed by atoms with E-state index in [1.54, 1.807) is 12.1 Å². The van der Waals surface area contributed by atoms with E-state index in [2.05, 4.69) is 26.2 Å². The Morgan fingerprint density at radius 1 is 1.33 bits per heavy atom. The van der Waals surface area contributed by atoms with Gasteiger partial charge in [-0.05, 0) is 40.2 Å². The van der Waals surface area contributed by atoms with E-state index in [-0.39, 0.29) is 11.3 Å². The predicted octanol–water partition coefficient (Wildman–Crippen LogP) is 3.43. The van der Waals surface area contributed by atoms with Crippen molar-refractivity contribution in [3.8, 4) is 0 Å². The molecule has 1 heterocycles. The van der Waals surface area contributed by atoms with E-state index in [0.29, 0.717) is 10.3 Å². The summed E-state index contributed by atoms with van der Waals surface area (Å²) in [6, 6.07) is 7.45. The SMILES string of the molecule is O=C(O)c1ccc(Nc2c(F)cccc2Br)nc1. The van der Waals surface area contributed by atoms with Crippen LogP contribution in [0.2, 0.25) is 0 Å². The number of para-hydroxylation sites is 1. The minimum Gasteiger partial charge on any atom is -0.478 e. The Bertz CT molecular complexity index is 567. The van der Waals surface area contributed by atoms with Crippen LogP contribution in [-0.4, -0.2) is 16.1 Å². The lowest BCUT2D eigenvalue weighted by Gasteiger charge is -2.08. The van der Waals surface area contributed by atoms with E-state index in [0.717, 1.165) is 0 Å². The van der Waals surface area contributed by atoms with Gasteiger partial charge in [0.25, 0.3) is 0 Å². The van der Waals surface area contributed by atoms with Gasteiger partial charge in [0.05, 0.1) is 11.3 Å². The number of nitrogens with zero attached hydrogens (tertiary/aromatic N) is 1. The van der Waals surface area contributed by atoms with E-state index in [1.807, 2.05) is 0 Å². The summed E-state index contributed by atoms with van der Waals surface area (Å²) in [5, 5.41) is 11.5. The topological polar surface area (TPSA) is 62.2 Å². The van der Waals surface area contributed by atoms with Gasteiger partial charge in [0, 0.05) is 10.7 Å². The van der Waals surface area contributed by atoms with Gasteiger partial charge in [-0.3, -0.25) is 0 Å². The average Bonchev–Trinajstić information content (AvgIpc) is 2.34. The van der Waals surface area contributed by atoms with Crippen molar-refractivity contribution < 1.29 is 14.3 Å². The quantitative estimate of drug-likeness (QED) is 0.911. The second kappa shape index (κ2) is 5.14. The summed E-state index contributed by atoms with van der Waals surface area (Å²) in [6.45, 7) is 0. The molecule has 0 unspecified atom stereocenters. The van der Waals surface area contributed by atoms with Gasteiger partial charge in [0.15, 0.2) is 0 Å². The summed E-state index contributed by atoms with van der Waals surface area (Å²) in [5.74, 6) is -1.11. The Balaban J connectivity index is 2.26. The molecule has 0 fully saturated rings. The molecule has 1 aromatic carbocycles. The summed E-state index contributed by atoms with van der Waals surface area (Å²) < 4.78 is 14.1. The van der Waals surface area contributed by atoms with Crippen LogP contribution in [0, 0.1) is 5.82 Å². The number of hydrogen-bond donors (Lipinski definition) is 2. The molecule has 2 N–H and O–H groups in total. The first-order valence-electron chi connectivity index (χ1n) is 4.98. The molecular weight excluding hydrogens is 303 g/mol. The van der Waals surface area contributed by atoms with Crippen LogP contribution in [0.1, 0.15) is 10.4 Å². The van der Waals surface area contributed by atoms with Gasteiger partial charge in [-0.1, -0.05) is 6.07 Å². The highest BCUT2D eigenvalue weighted by molar-refractivity contribution is 9.10. The lowest BCUT2D eigenvalue weighted by molar-refractivity contribution is 0.0696. The van der Waals surface area contributed by atoms with Crippen molar-refractivity contribution in [2.24, 2.45) is 0 Å². The average molecular weight is 311 g/mol. The number of rotatable bonds is 3. The second-order valence-corrected chi connectivity index (χ2v) is 4.31. The number of anilines is 2. The van der Waals surface area contributed by atoms with Crippen molar-refractivity contribution in [3.63, 3.8) is 0 Å². The van der Waals surface area contributed by atoms with Gasteiger partial charge in [-0.15, -0.1) is 0 Å². The molecule has 0 radical (unpaired) electrons. The number of carbonyl (C=O) groups is 1. The van der Waals surface area contributed by atoms with Crippen molar-refractivity contribution in [2.75, 3.05) is 5.32 Å². The number of halogens is 2. The van der Waals surface area contributed by atoms with E-state index < -0.39 is 11.8 Å². The van der Waals surface area contributed by atoms with Crippen LogP contribution in [0.15, 0.2) is 41.0 Å². The van der Waals surface area contributed by atoms with E-state index in [9.17, 15) is 9.18 Å². The number of carboxylic acid groups (broad SMARTS) is 1. The number of pyridine rings is 1. The highest BCUT2D eigenvalue weighted by atomic mass is 79.9. The van der Waals surface area contributed by atoms with Crippen molar-refractivity contribution in [1.29, 1.82) is 0 Å². The molecule has 18 heavy (non-hydrogen) atoms. The van der Waals surface area contributed by atoms with Crippen molar-refractivity contribution in [2.45, 2.75) is 0 Å². The number of nitrogens with one attached hydrogen (secondary N) is 1. The number of hydrogen-bond acceptors (Lipinski definition) is 3. The number of carboxylic acids is 1. The fourth-order valence-electron chi connectivity index (χ4n) is 1.34. The highest BCUT2D eigenvalue weighted by Gasteiger charge is 2.08. The molecule has 0 aliphatic heterocycles. The van der Waals surface area contributed by atoms with Crippen LogP contribution in [0.25, 0.3) is 0 Å². The van der Waals surface area contributed by atoms with Crippen LogP contribution in [-0.2, 0) is 0 Å². The molecule has 0 aliphatic rings. The zero-order valence-corrected chi connectivity index (χ0v) is 10.6. The van der Waals surface area contributed by atoms with Crippen molar-refractivity contribution in [3.05, 3.63) is 52.4 Å². The lowest BCUT2D eigenvalue weighted by Crippen LogP contribution is -2.00. The molecule has 2 rings (SSSR count). The maximum Gasteiger partial charge on any atom is 0.337 e. The standard InChI is InChI=1S/C12H8BrFN2O2/c13-8-2-1-3-9(14)11(8)16-10-5-4-7(6-15-10)12(17)18/h1-6H,(H,15,16)(H,17,18). The molecule has 92 valence electrons. The normalized spacial score (nSPS) is 10.1. The zero-order valence-electron chi connectivity index (χ0n) is 9.02. The van der Waals surface area contributed by atoms with Gasteiger partial charge >= 0.3 is 5.97 Å². The van der Waals surface area contributed by atoms with Gasteiger partial charge in [0.1, 0.15) is 11.6 Å². The zero-order chi connectivity index (χ0) is 13.1. The molecule has 1 aromatic heterocycles. The number of aromatic nitrogens is 1. The summed E-state index contributed by atoms with van der Waals surface area (Å²) in [5.41, 5.74) is 0.334. The Labute approximate surface area is 111 Å². The number of aromatic carboxylic acids is 1. The van der Waals surface area contributed by atoms with Crippen LogP contribution in [0.3, 0.4) is 0 Å². The van der Waals surface area contributed by atoms with E-state index in [1.165, 1.54) is 24.4 Å². The third kappa shape index (κ3) is 2.65. The Hall–Kier alpha value is -1.95. The molecule has 0 amide bonds. The van der Waals surface area contributed by atoms with Gasteiger partial charge in [-0.25, -0.2) is 14.2 Å². The first-order valence-corrected chi connectivity index (χ1v) is 5.77. The van der Waals surface area contributed by atoms with Crippen molar-refractivity contribution >= 4 is 33.4 Å². The molecule has 0 saturated heterocycles. The van der Waals surface area contributed by atoms with Crippen LogP contribution in [0.4, 0.5) is 15.9 Å². The van der Waals surface area contributed by atoms with E-state index in [4.69, 9.17) is 5.11 Å². The summed E-state index contributed by atoms with van der Waals surface area (Å²) in [6.07, 6.45) is 1.21. The molecule has 6 heteroatoms. The smallest absolute Gasteiger partial charge is 0.337 e. The third-order valence-corrected chi connectivity index (χ3v) is 2.89. The maximum absolute atomic E-state index is 13.5. The summed E-state index contributed by atoms with van der Waals surface area (Å²) >= 11 is 3.22. The molecule has 0 atom stereocenters. The van der Waals surface area contributed by atoms with Gasteiger partial charge < -0.3 is 10.4 Å². The van der Waals surface area contributed by atoms with Crippen LogP contribution < -0.4 is 5.32 Å². The van der Waals surface area contributed by atoms with Gasteiger partial charge in [0.2, 0.25) is 0 Å². The third-order valence-electron chi connectivity index (χ3n) is 2.23.